The average molecular weight is 345 g/mol. The lowest BCUT2D eigenvalue weighted by Gasteiger charge is -2.21. The number of fused-ring (bicyclic) bond motifs is 1. The van der Waals surface area contributed by atoms with Gasteiger partial charge in [-0.05, 0) is 80.9 Å². The summed E-state index contributed by atoms with van der Waals surface area (Å²) in [5, 5.41) is 18.0. The fraction of sp³-hybridized carbons (Fsp3) is 0.364. The Morgan fingerprint density at radius 3 is 2.88 bits per heavy atom. The molecule has 4 heteroatoms. The highest BCUT2D eigenvalue weighted by Gasteiger charge is 2.17. The number of piperidine rings is 1. The van der Waals surface area contributed by atoms with Crippen LogP contribution in [0, 0.1) is 24.2 Å². The van der Waals surface area contributed by atoms with E-state index in [-0.39, 0.29) is 0 Å². The zero-order valence-corrected chi connectivity index (χ0v) is 15.1. The molecule has 1 saturated heterocycles. The third-order valence-corrected chi connectivity index (χ3v) is 5.51. The normalized spacial score (nSPS) is 15.2. The molecular weight excluding hydrogens is 322 g/mol. The average Bonchev–Trinajstić information content (AvgIpc) is 3.11. The van der Waals surface area contributed by atoms with Gasteiger partial charge in [0, 0.05) is 10.9 Å². The van der Waals surface area contributed by atoms with Gasteiger partial charge in [0.05, 0.1) is 17.3 Å². The molecule has 1 aliphatic heterocycles. The minimum Gasteiger partial charge on any atom is -0.356 e. The number of nitrogens with zero attached hydrogens (tertiary/aromatic N) is 2. The van der Waals surface area contributed by atoms with Crippen LogP contribution in [0.1, 0.15) is 36.1 Å². The van der Waals surface area contributed by atoms with Crippen molar-refractivity contribution in [2.24, 2.45) is 5.92 Å². The minimum atomic E-state index is 0.669. The van der Waals surface area contributed by atoms with Crippen molar-refractivity contribution in [2.45, 2.75) is 32.6 Å². The maximum absolute atomic E-state index is 9.14. The van der Waals surface area contributed by atoms with Crippen molar-refractivity contribution < 1.29 is 4.52 Å². The molecule has 26 heavy (non-hydrogen) atoms. The zero-order valence-electron chi connectivity index (χ0n) is 15.1. The van der Waals surface area contributed by atoms with Crippen LogP contribution in [0.15, 0.2) is 40.9 Å². The van der Waals surface area contributed by atoms with Crippen molar-refractivity contribution in [2.75, 3.05) is 13.1 Å². The number of rotatable bonds is 4. The summed E-state index contributed by atoms with van der Waals surface area (Å²) in [5.41, 5.74) is 5.82. The molecular formula is C22H23N3O. The first-order valence-electron chi connectivity index (χ1n) is 9.35. The highest BCUT2D eigenvalue weighted by molar-refractivity contribution is 5.89. The van der Waals surface area contributed by atoms with Crippen LogP contribution in [-0.2, 0) is 6.42 Å². The third kappa shape index (κ3) is 3.23. The smallest absolute Gasteiger partial charge is 0.170 e. The summed E-state index contributed by atoms with van der Waals surface area (Å²) in [6.07, 6.45) is 4.66. The van der Waals surface area contributed by atoms with E-state index < -0.39 is 0 Å². The Morgan fingerprint density at radius 2 is 2.08 bits per heavy atom. The standard InChI is InChI=1S/C22H23N3O/c1-15-19(18-4-2-3-17(13-18)14-23)6-7-20-21(25-26-22(15)20)8-5-16-9-11-24-12-10-16/h2-4,6-7,13,16,24H,5,8-12H2,1H3. The molecule has 4 rings (SSSR count). The van der Waals surface area contributed by atoms with Crippen LogP contribution in [0.3, 0.4) is 0 Å². The van der Waals surface area contributed by atoms with Gasteiger partial charge in [0.15, 0.2) is 5.58 Å². The Hall–Kier alpha value is -2.64. The van der Waals surface area contributed by atoms with Crippen molar-refractivity contribution in [3.05, 3.63) is 53.2 Å². The van der Waals surface area contributed by atoms with E-state index in [9.17, 15) is 0 Å². The van der Waals surface area contributed by atoms with Crippen LogP contribution in [0.4, 0.5) is 0 Å². The molecule has 0 radical (unpaired) electrons. The maximum atomic E-state index is 9.14. The summed E-state index contributed by atoms with van der Waals surface area (Å²) < 4.78 is 5.71. The van der Waals surface area contributed by atoms with Gasteiger partial charge in [-0.25, -0.2) is 0 Å². The second-order valence-corrected chi connectivity index (χ2v) is 7.17. The molecule has 4 nitrogen and oxygen atoms in total. The molecule has 1 aliphatic rings. The zero-order chi connectivity index (χ0) is 17.9. The van der Waals surface area contributed by atoms with Gasteiger partial charge in [-0.15, -0.1) is 0 Å². The molecule has 2 heterocycles. The topological polar surface area (TPSA) is 61.9 Å². The maximum Gasteiger partial charge on any atom is 0.170 e. The lowest BCUT2D eigenvalue weighted by Crippen LogP contribution is -2.27. The Kier molecular flexibility index (Phi) is 4.73. The van der Waals surface area contributed by atoms with Gasteiger partial charge in [-0.1, -0.05) is 23.4 Å². The van der Waals surface area contributed by atoms with E-state index in [0.717, 1.165) is 58.8 Å². The number of aromatic nitrogens is 1. The summed E-state index contributed by atoms with van der Waals surface area (Å²) in [6, 6.07) is 14.1. The molecule has 0 atom stereocenters. The summed E-state index contributed by atoms with van der Waals surface area (Å²) in [4.78, 5) is 0. The molecule has 1 fully saturated rings. The summed E-state index contributed by atoms with van der Waals surface area (Å²) >= 11 is 0. The fourth-order valence-electron chi connectivity index (χ4n) is 3.95. The van der Waals surface area contributed by atoms with Crippen molar-refractivity contribution in [3.63, 3.8) is 0 Å². The summed E-state index contributed by atoms with van der Waals surface area (Å²) in [6.45, 7) is 4.33. The van der Waals surface area contributed by atoms with E-state index in [1.54, 1.807) is 0 Å². The molecule has 1 N–H and O–H groups in total. The van der Waals surface area contributed by atoms with Crippen LogP contribution in [0.25, 0.3) is 22.1 Å². The Balaban J connectivity index is 1.61. The number of hydrogen-bond donors (Lipinski definition) is 1. The molecule has 1 aromatic heterocycles. The van der Waals surface area contributed by atoms with E-state index in [1.165, 1.54) is 19.3 Å². The number of hydrogen-bond acceptors (Lipinski definition) is 4. The predicted octanol–water partition coefficient (Wildman–Crippen LogP) is 4.61. The highest BCUT2D eigenvalue weighted by atomic mass is 16.5. The van der Waals surface area contributed by atoms with E-state index in [0.29, 0.717) is 5.56 Å². The number of aryl methyl sites for hydroxylation is 2. The molecule has 0 spiro atoms. The third-order valence-electron chi connectivity index (χ3n) is 5.51. The monoisotopic (exact) mass is 345 g/mol. The van der Waals surface area contributed by atoms with E-state index in [2.05, 4.69) is 35.6 Å². The van der Waals surface area contributed by atoms with Crippen LogP contribution in [0.2, 0.25) is 0 Å². The second kappa shape index (κ2) is 7.31. The first-order chi connectivity index (χ1) is 12.8. The Bertz CT molecular complexity index is 961. The van der Waals surface area contributed by atoms with E-state index in [4.69, 9.17) is 9.78 Å². The molecule has 2 aromatic carbocycles. The van der Waals surface area contributed by atoms with Gasteiger partial charge in [-0.2, -0.15) is 5.26 Å². The fourth-order valence-corrected chi connectivity index (χ4v) is 3.95. The summed E-state index contributed by atoms with van der Waals surface area (Å²) in [7, 11) is 0. The molecule has 0 unspecified atom stereocenters. The SMILES string of the molecule is Cc1c(-c2cccc(C#N)c2)ccc2c(CCC3CCNCC3)noc12. The van der Waals surface area contributed by atoms with Crippen LogP contribution < -0.4 is 5.32 Å². The largest absolute Gasteiger partial charge is 0.356 e. The minimum absolute atomic E-state index is 0.669. The molecule has 3 aromatic rings. The summed E-state index contributed by atoms with van der Waals surface area (Å²) in [5.74, 6) is 0.789. The van der Waals surface area contributed by atoms with Crippen LogP contribution >= 0.6 is 0 Å². The Labute approximate surface area is 153 Å². The van der Waals surface area contributed by atoms with Crippen molar-refractivity contribution in [3.8, 4) is 17.2 Å². The van der Waals surface area contributed by atoms with Gasteiger partial charge in [0.25, 0.3) is 0 Å². The number of benzene rings is 2. The van der Waals surface area contributed by atoms with E-state index in [1.807, 2.05) is 24.3 Å². The lowest BCUT2D eigenvalue weighted by molar-refractivity contribution is 0.350. The predicted molar refractivity (Wildman–Crippen MR) is 103 cm³/mol. The quantitative estimate of drug-likeness (QED) is 0.750. The van der Waals surface area contributed by atoms with Crippen molar-refractivity contribution in [1.29, 1.82) is 5.26 Å². The molecule has 0 bridgehead atoms. The highest BCUT2D eigenvalue weighted by Crippen LogP contribution is 2.32. The first kappa shape index (κ1) is 16.8. The lowest BCUT2D eigenvalue weighted by atomic mass is 9.91. The van der Waals surface area contributed by atoms with E-state index >= 15 is 0 Å². The molecule has 0 amide bonds. The van der Waals surface area contributed by atoms with Crippen molar-refractivity contribution in [1.82, 2.24) is 10.5 Å². The van der Waals surface area contributed by atoms with Gasteiger partial charge in [0.1, 0.15) is 0 Å². The van der Waals surface area contributed by atoms with Gasteiger partial charge >= 0.3 is 0 Å². The van der Waals surface area contributed by atoms with Crippen LogP contribution in [0.5, 0.6) is 0 Å². The van der Waals surface area contributed by atoms with Crippen LogP contribution in [-0.4, -0.2) is 18.2 Å². The van der Waals surface area contributed by atoms with Gasteiger partial charge in [-0.3, -0.25) is 0 Å². The van der Waals surface area contributed by atoms with Gasteiger partial charge in [0.2, 0.25) is 0 Å². The molecule has 0 saturated carbocycles. The van der Waals surface area contributed by atoms with Gasteiger partial charge < -0.3 is 9.84 Å². The number of nitrogens with one attached hydrogen (secondary N) is 1. The first-order valence-corrected chi connectivity index (χ1v) is 9.35. The second-order valence-electron chi connectivity index (χ2n) is 7.17. The Morgan fingerprint density at radius 1 is 1.23 bits per heavy atom. The number of nitriles is 1. The molecule has 132 valence electrons. The molecule has 0 aliphatic carbocycles. The van der Waals surface area contributed by atoms with Crippen molar-refractivity contribution >= 4 is 11.0 Å².